The lowest BCUT2D eigenvalue weighted by Gasteiger charge is -2.23. The highest BCUT2D eigenvalue weighted by Gasteiger charge is 2.33. The van der Waals surface area contributed by atoms with Crippen molar-refractivity contribution in [2.45, 2.75) is 51.3 Å². The third kappa shape index (κ3) is 4.69. The van der Waals surface area contributed by atoms with E-state index in [9.17, 15) is 4.79 Å². The molecule has 1 aliphatic carbocycles. The molecule has 0 N–H and O–H groups in total. The van der Waals surface area contributed by atoms with E-state index in [0.717, 1.165) is 49.2 Å². The Hall–Kier alpha value is -2.33. The van der Waals surface area contributed by atoms with Crippen LogP contribution < -0.4 is 4.74 Å². The zero-order chi connectivity index (χ0) is 18.6. The number of ether oxygens (including phenoxy) is 2. The number of benzene rings is 2. The van der Waals surface area contributed by atoms with E-state index < -0.39 is 0 Å². The molecule has 2 aliphatic rings. The van der Waals surface area contributed by atoms with Gasteiger partial charge in [0.25, 0.3) is 5.91 Å². The summed E-state index contributed by atoms with van der Waals surface area (Å²) in [5.74, 6) is 0.963. The van der Waals surface area contributed by atoms with Crippen molar-refractivity contribution in [1.29, 1.82) is 0 Å². The molecule has 0 bridgehead atoms. The maximum absolute atomic E-state index is 13.0. The van der Waals surface area contributed by atoms with Crippen LogP contribution in [0.2, 0.25) is 0 Å². The summed E-state index contributed by atoms with van der Waals surface area (Å²) in [5.41, 5.74) is 3.03. The lowest BCUT2D eigenvalue weighted by Crippen LogP contribution is -2.32. The molecule has 0 spiro atoms. The van der Waals surface area contributed by atoms with Gasteiger partial charge in [-0.05, 0) is 62.4 Å². The molecule has 4 nitrogen and oxygen atoms in total. The maximum Gasteiger partial charge on any atom is 0.254 e. The molecule has 4 rings (SSSR count). The van der Waals surface area contributed by atoms with Crippen molar-refractivity contribution in [1.82, 2.24) is 4.90 Å². The van der Waals surface area contributed by atoms with E-state index in [1.807, 2.05) is 54.3 Å². The van der Waals surface area contributed by atoms with E-state index in [1.165, 1.54) is 5.56 Å². The van der Waals surface area contributed by atoms with Gasteiger partial charge in [0.2, 0.25) is 0 Å². The van der Waals surface area contributed by atoms with Gasteiger partial charge < -0.3 is 14.4 Å². The number of rotatable bonds is 7. The van der Waals surface area contributed by atoms with E-state index >= 15 is 0 Å². The number of hydrogen-bond donors (Lipinski definition) is 0. The molecule has 4 heteroatoms. The summed E-state index contributed by atoms with van der Waals surface area (Å²) < 4.78 is 11.5. The Balaban J connectivity index is 1.43. The summed E-state index contributed by atoms with van der Waals surface area (Å²) >= 11 is 0. The van der Waals surface area contributed by atoms with Crippen LogP contribution in [-0.2, 0) is 11.3 Å². The van der Waals surface area contributed by atoms with Crippen molar-refractivity contribution in [3.8, 4) is 5.75 Å². The molecular formula is C23H27NO3. The van der Waals surface area contributed by atoms with Gasteiger partial charge in [-0.25, -0.2) is 0 Å². The summed E-state index contributed by atoms with van der Waals surface area (Å²) in [4.78, 5) is 15.0. The molecule has 0 aromatic heterocycles. The first kappa shape index (κ1) is 18.1. The highest BCUT2D eigenvalue weighted by Crippen LogP contribution is 2.30. The van der Waals surface area contributed by atoms with Crippen LogP contribution in [0.4, 0.5) is 0 Å². The quantitative estimate of drug-likeness (QED) is 0.732. The van der Waals surface area contributed by atoms with Crippen LogP contribution in [0.1, 0.15) is 47.2 Å². The van der Waals surface area contributed by atoms with Crippen molar-refractivity contribution in [3.63, 3.8) is 0 Å². The SMILES string of the molecule is Cc1ccc(C(=O)N(Cc2cccc(OCC3CCCO3)c2)C2CC2)cc1. The monoisotopic (exact) mass is 365 g/mol. The molecule has 2 fully saturated rings. The zero-order valence-electron chi connectivity index (χ0n) is 15.9. The van der Waals surface area contributed by atoms with E-state index in [2.05, 4.69) is 6.07 Å². The molecule has 1 unspecified atom stereocenters. The average molecular weight is 365 g/mol. The second kappa shape index (κ2) is 8.13. The highest BCUT2D eigenvalue weighted by atomic mass is 16.5. The Bertz CT molecular complexity index is 776. The number of amides is 1. The third-order valence-electron chi connectivity index (χ3n) is 5.26. The normalized spacial score (nSPS) is 19.1. The van der Waals surface area contributed by atoms with E-state index in [4.69, 9.17) is 9.47 Å². The minimum Gasteiger partial charge on any atom is -0.491 e. The van der Waals surface area contributed by atoms with Gasteiger partial charge in [-0.1, -0.05) is 29.8 Å². The van der Waals surface area contributed by atoms with E-state index in [1.54, 1.807) is 0 Å². The van der Waals surface area contributed by atoms with Crippen molar-refractivity contribution in [2.75, 3.05) is 13.2 Å². The molecule has 27 heavy (non-hydrogen) atoms. The van der Waals surface area contributed by atoms with Gasteiger partial charge in [0.05, 0.1) is 6.10 Å². The van der Waals surface area contributed by atoms with Crippen molar-refractivity contribution in [2.24, 2.45) is 0 Å². The Morgan fingerprint density at radius 2 is 1.96 bits per heavy atom. The fourth-order valence-corrected chi connectivity index (χ4v) is 3.51. The first-order valence-electron chi connectivity index (χ1n) is 9.90. The average Bonchev–Trinajstić information content (AvgIpc) is 3.39. The molecule has 0 radical (unpaired) electrons. The number of carbonyl (C=O) groups excluding carboxylic acids is 1. The molecule has 1 saturated heterocycles. The topological polar surface area (TPSA) is 38.8 Å². The minimum absolute atomic E-state index is 0.114. The van der Waals surface area contributed by atoms with Gasteiger partial charge in [-0.15, -0.1) is 0 Å². The molecular weight excluding hydrogens is 338 g/mol. The zero-order valence-corrected chi connectivity index (χ0v) is 15.9. The Labute approximate surface area is 161 Å². The van der Waals surface area contributed by atoms with Crippen LogP contribution >= 0.6 is 0 Å². The highest BCUT2D eigenvalue weighted by molar-refractivity contribution is 5.94. The molecule has 1 saturated carbocycles. The van der Waals surface area contributed by atoms with E-state index in [-0.39, 0.29) is 12.0 Å². The van der Waals surface area contributed by atoms with E-state index in [0.29, 0.717) is 19.2 Å². The number of hydrogen-bond acceptors (Lipinski definition) is 3. The fourth-order valence-electron chi connectivity index (χ4n) is 3.51. The molecule has 142 valence electrons. The van der Waals surface area contributed by atoms with Crippen LogP contribution in [0.3, 0.4) is 0 Å². The predicted octanol–water partition coefficient (Wildman–Crippen LogP) is 4.36. The molecule has 1 aliphatic heterocycles. The Morgan fingerprint density at radius 3 is 2.67 bits per heavy atom. The van der Waals surface area contributed by atoms with Crippen molar-refractivity contribution < 1.29 is 14.3 Å². The second-order valence-electron chi connectivity index (χ2n) is 7.62. The van der Waals surface area contributed by atoms with Crippen molar-refractivity contribution >= 4 is 5.91 Å². The summed E-state index contributed by atoms with van der Waals surface area (Å²) in [6, 6.07) is 16.3. The van der Waals surface area contributed by atoms with Crippen molar-refractivity contribution in [3.05, 3.63) is 65.2 Å². The Morgan fingerprint density at radius 1 is 1.15 bits per heavy atom. The van der Waals surface area contributed by atoms with Crippen LogP contribution in [0, 0.1) is 6.92 Å². The second-order valence-corrected chi connectivity index (χ2v) is 7.62. The lowest BCUT2D eigenvalue weighted by atomic mass is 10.1. The van der Waals surface area contributed by atoms with Crippen LogP contribution in [0.15, 0.2) is 48.5 Å². The number of carbonyl (C=O) groups is 1. The standard InChI is InChI=1S/C23H27NO3/c1-17-7-9-19(10-8-17)23(25)24(20-11-12-20)15-18-4-2-5-21(14-18)27-16-22-6-3-13-26-22/h2,4-5,7-10,14,20,22H,3,6,11-13,15-16H2,1H3. The van der Waals surface area contributed by atoms with Gasteiger partial charge in [0, 0.05) is 24.8 Å². The Kier molecular flexibility index (Phi) is 5.44. The molecule has 2 aromatic rings. The smallest absolute Gasteiger partial charge is 0.254 e. The van der Waals surface area contributed by atoms with Gasteiger partial charge >= 0.3 is 0 Å². The maximum atomic E-state index is 13.0. The van der Waals surface area contributed by atoms with Crippen LogP contribution in [0.25, 0.3) is 0 Å². The van der Waals surface area contributed by atoms with Gasteiger partial charge in [0.15, 0.2) is 0 Å². The van der Waals surface area contributed by atoms with Gasteiger partial charge in [0.1, 0.15) is 12.4 Å². The predicted molar refractivity (Wildman–Crippen MR) is 105 cm³/mol. The summed E-state index contributed by atoms with van der Waals surface area (Å²) in [6.07, 6.45) is 4.57. The van der Waals surface area contributed by atoms with Gasteiger partial charge in [-0.3, -0.25) is 4.79 Å². The third-order valence-corrected chi connectivity index (χ3v) is 5.26. The van der Waals surface area contributed by atoms with Crippen LogP contribution in [-0.4, -0.2) is 36.2 Å². The molecule has 1 heterocycles. The molecule has 1 atom stereocenters. The first-order valence-corrected chi connectivity index (χ1v) is 9.90. The fraction of sp³-hybridized carbons (Fsp3) is 0.435. The largest absolute Gasteiger partial charge is 0.491 e. The number of aryl methyl sites for hydroxylation is 1. The lowest BCUT2D eigenvalue weighted by molar-refractivity contribution is 0.0678. The summed E-state index contributed by atoms with van der Waals surface area (Å²) in [5, 5.41) is 0. The molecule has 1 amide bonds. The summed E-state index contributed by atoms with van der Waals surface area (Å²) in [7, 11) is 0. The summed E-state index contributed by atoms with van der Waals surface area (Å²) in [6.45, 7) is 4.09. The first-order chi connectivity index (χ1) is 13.2. The molecule has 2 aromatic carbocycles. The van der Waals surface area contributed by atoms with Gasteiger partial charge in [-0.2, -0.15) is 0 Å². The van der Waals surface area contributed by atoms with Crippen LogP contribution in [0.5, 0.6) is 5.75 Å². The number of nitrogens with zero attached hydrogens (tertiary/aromatic N) is 1. The minimum atomic E-state index is 0.114.